The van der Waals surface area contributed by atoms with E-state index in [1.165, 1.54) is 0 Å². The van der Waals surface area contributed by atoms with Crippen molar-refractivity contribution in [1.82, 2.24) is 0 Å². The number of hydrogen-bond donors (Lipinski definition) is 1. The number of benzene rings is 2. The van der Waals surface area contributed by atoms with Crippen molar-refractivity contribution in [2.24, 2.45) is 5.92 Å². The SMILES string of the molecule is CCCCC[C@](O)(C(C)C)C1O[C@H](c2ccccc2)[C@@H](c2ccccc2)O1. The zero-order valence-electron chi connectivity index (χ0n) is 16.7. The van der Waals surface area contributed by atoms with Crippen LogP contribution in [0.2, 0.25) is 0 Å². The second kappa shape index (κ2) is 9.01. The van der Waals surface area contributed by atoms with Gasteiger partial charge in [-0.15, -0.1) is 0 Å². The summed E-state index contributed by atoms with van der Waals surface area (Å²) < 4.78 is 12.8. The Bertz CT molecular complexity index is 638. The molecule has 1 saturated heterocycles. The molecule has 0 spiro atoms. The van der Waals surface area contributed by atoms with Crippen molar-refractivity contribution < 1.29 is 14.6 Å². The van der Waals surface area contributed by atoms with Gasteiger partial charge in [0.05, 0.1) is 0 Å². The molecule has 0 aromatic heterocycles. The molecule has 3 atom stereocenters. The maximum absolute atomic E-state index is 11.5. The molecule has 0 radical (unpaired) electrons. The van der Waals surface area contributed by atoms with Crippen LogP contribution in [0.3, 0.4) is 0 Å². The molecule has 0 saturated carbocycles. The number of aliphatic hydroxyl groups is 1. The number of rotatable bonds is 8. The smallest absolute Gasteiger partial charge is 0.188 e. The topological polar surface area (TPSA) is 38.7 Å². The van der Waals surface area contributed by atoms with Crippen LogP contribution in [0.1, 0.15) is 69.8 Å². The van der Waals surface area contributed by atoms with Crippen molar-refractivity contribution in [2.45, 2.75) is 70.6 Å². The molecule has 3 heteroatoms. The van der Waals surface area contributed by atoms with E-state index in [2.05, 4.69) is 31.2 Å². The summed E-state index contributed by atoms with van der Waals surface area (Å²) in [4.78, 5) is 0. The third-order valence-corrected chi connectivity index (χ3v) is 5.66. The Hall–Kier alpha value is -1.68. The molecule has 0 amide bonds. The minimum Gasteiger partial charge on any atom is -0.384 e. The molecule has 0 aliphatic carbocycles. The highest BCUT2D eigenvalue weighted by Crippen LogP contribution is 2.47. The van der Waals surface area contributed by atoms with E-state index in [0.717, 1.165) is 30.4 Å². The Kier molecular flexibility index (Phi) is 6.69. The summed E-state index contributed by atoms with van der Waals surface area (Å²) in [5.74, 6) is 0.0466. The van der Waals surface area contributed by atoms with Crippen LogP contribution >= 0.6 is 0 Å². The van der Waals surface area contributed by atoms with Crippen molar-refractivity contribution in [3.8, 4) is 0 Å². The molecule has 27 heavy (non-hydrogen) atoms. The summed E-state index contributed by atoms with van der Waals surface area (Å²) in [5.41, 5.74) is 1.16. The third-order valence-electron chi connectivity index (χ3n) is 5.66. The molecule has 1 fully saturated rings. The molecule has 1 N–H and O–H groups in total. The monoisotopic (exact) mass is 368 g/mol. The van der Waals surface area contributed by atoms with Gasteiger partial charge in [0.25, 0.3) is 0 Å². The zero-order valence-corrected chi connectivity index (χ0v) is 16.7. The van der Waals surface area contributed by atoms with Crippen LogP contribution in [-0.2, 0) is 9.47 Å². The maximum Gasteiger partial charge on any atom is 0.188 e. The summed E-state index contributed by atoms with van der Waals surface area (Å²) in [6.07, 6.45) is 2.80. The van der Waals surface area contributed by atoms with E-state index < -0.39 is 11.9 Å². The van der Waals surface area contributed by atoms with Crippen LogP contribution in [-0.4, -0.2) is 17.0 Å². The van der Waals surface area contributed by atoms with E-state index >= 15 is 0 Å². The van der Waals surface area contributed by atoms with Gasteiger partial charge in [-0.1, -0.05) is 101 Å². The van der Waals surface area contributed by atoms with Gasteiger partial charge in [0.2, 0.25) is 0 Å². The van der Waals surface area contributed by atoms with E-state index in [-0.39, 0.29) is 18.1 Å². The van der Waals surface area contributed by atoms with Crippen molar-refractivity contribution in [2.75, 3.05) is 0 Å². The van der Waals surface area contributed by atoms with Gasteiger partial charge in [0.1, 0.15) is 17.8 Å². The van der Waals surface area contributed by atoms with Crippen molar-refractivity contribution in [3.63, 3.8) is 0 Å². The molecule has 0 unspecified atom stereocenters. The molecular weight excluding hydrogens is 336 g/mol. The summed E-state index contributed by atoms with van der Waals surface area (Å²) in [5, 5.41) is 11.5. The number of ether oxygens (including phenoxy) is 2. The largest absolute Gasteiger partial charge is 0.384 e. The Labute approximate surface area is 163 Å². The van der Waals surface area contributed by atoms with E-state index in [4.69, 9.17) is 9.47 Å². The summed E-state index contributed by atoms with van der Waals surface area (Å²) in [6.45, 7) is 6.27. The van der Waals surface area contributed by atoms with Crippen LogP contribution < -0.4 is 0 Å². The second-order valence-electron chi connectivity index (χ2n) is 7.87. The molecular formula is C24H32O3. The number of hydrogen-bond acceptors (Lipinski definition) is 3. The molecule has 1 aliphatic heterocycles. The van der Waals surface area contributed by atoms with Crippen LogP contribution in [0.25, 0.3) is 0 Å². The molecule has 1 heterocycles. The van der Waals surface area contributed by atoms with Gasteiger partial charge in [-0.2, -0.15) is 0 Å². The summed E-state index contributed by atoms with van der Waals surface area (Å²) in [6, 6.07) is 20.3. The first-order chi connectivity index (χ1) is 13.1. The minimum atomic E-state index is -0.994. The van der Waals surface area contributed by atoms with Crippen LogP contribution in [0.15, 0.2) is 60.7 Å². The normalized spacial score (nSPS) is 22.9. The lowest BCUT2D eigenvalue weighted by molar-refractivity contribution is -0.215. The molecule has 1 aliphatic rings. The van der Waals surface area contributed by atoms with Gasteiger partial charge < -0.3 is 14.6 Å². The highest BCUT2D eigenvalue weighted by Gasteiger charge is 2.49. The Morgan fingerprint density at radius 2 is 1.33 bits per heavy atom. The fourth-order valence-electron chi connectivity index (χ4n) is 3.81. The summed E-state index contributed by atoms with van der Waals surface area (Å²) in [7, 11) is 0. The molecule has 2 aromatic carbocycles. The Balaban J connectivity index is 1.89. The van der Waals surface area contributed by atoms with Gasteiger partial charge in [0, 0.05) is 0 Å². The number of unbranched alkanes of at least 4 members (excludes halogenated alkanes) is 2. The van der Waals surface area contributed by atoms with Gasteiger partial charge in [-0.05, 0) is 23.5 Å². The van der Waals surface area contributed by atoms with Gasteiger partial charge >= 0.3 is 0 Å². The highest BCUT2D eigenvalue weighted by atomic mass is 16.7. The fraction of sp³-hybridized carbons (Fsp3) is 0.500. The van der Waals surface area contributed by atoms with E-state index in [1.807, 2.05) is 50.2 Å². The van der Waals surface area contributed by atoms with Crippen LogP contribution in [0.4, 0.5) is 0 Å². The fourth-order valence-corrected chi connectivity index (χ4v) is 3.81. The van der Waals surface area contributed by atoms with Gasteiger partial charge in [-0.3, -0.25) is 0 Å². The van der Waals surface area contributed by atoms with Crippen molar-refractivity contribution in [3.05, 3.63) is 71.8 Å². The molecule has 3 nitrogen and oxygen atoms in total. The molecule has 146 valence electrons. The highest BCUT2D eigenvalue weighted by molar-refractivity contribution is 5.26. The van der Waals surface area contributed by atoms with Gasteiger partial charge in [-0.25, -0.2) is 0 Å². The third kappa shape index (κ3) is 4.43. The quantitative estimate of drug-likeness (QED) is 0.598. The molecule has 2 aromatic rings. The predicted molar refractivity (Wildman–Crippen MR) is 108 cm³/mol. The van der Waals surface area contributed by atoms with Crippen molar-refractivity contribution >= 4 is 0 Å². The maximum atomic E-state index is 11.5. The van der Waals surface area contributed by atoms with E-state index in [1.54, 1.807) is 0 Å². The van der Waals surface area contributed by atoms with E-state index in [0.29, 0.717) is 6.42 Å². The standard InChI is InChI=1S/C24H32O3/c1-4-5-12-17-24(25,18(2)3)23-26-21(19-13-8-6-9-14-19)22(27-23)20-15-10-7-11-16-20/h6-11,13-16,18,21-23,25H,4-5,12,17H2,1-3H3/t21-,22-,24+/m1/s1. The van der Waals surface area contributed by atoms with Crippen LogP contribution in [0, 0.1) is 5.92 Å². The second-order valence-corrected chi connectivity index (χ2v) is 7.87. The predicted octanol–water partition coefficient (Wildman–Crippen LogP) is 5.81. The van der Waals surface area contributed by atoms with Gasteiger partial charge in [0.15, 0.2) is 6.29 Å². The first-order valence-corrected chi connectivity index (χ1v) is 10.2. The first-order valence-electron chi connectivity index (χ1n) is 10.2. The minimum absolute atomic E-state index is 0.0466. The summed E-state index contributed by atoms with van der Waals surface area (Å²) >= 11 is 0. The average Bonchev–Trinajstić information content (AvgIpc) is 3.15. The molecule has 0 bridgehead atoms. The molecule has 3 rings (SSSR count). The Morgan fingerprint density at radius 3 is 1.74 bits per heavy atom. The lowest BCUT2D eigenvalue weighted by Gasteiger charge is -2.36. The lowest BCUT2D eigenvalue weighted by atomic mass is 9.84. The Morgan fingerprint density at radius 1 is 0.852 bits per heavy atom. The average molecular weight is 369 g/mol. The van der Waals surface area contributed by atoms with Crippen LogP contribution in [0.5, 0.6) is 0 Å². The first kappa shape index (κ1) is 20.1. The lowest BCUT2D eigenvalue weighted by Crippen LogP contribution is -2.47. The zero-order chi connectivity index (χ0) is 19.3. The van der Waals surface area contributed by atoms with Crippen molar-refractivity contribution in [1.29, 1.82) is 0 Å². The van der Waals surface area contributed by atoms with E-state index in [9.17, 15) is 5.11 Å².